The van der Waals surface area contributed by atoms with Gasteiger partial charge in [-0.2, -0.15) is 0 Å². The van der Waals surface area contributed by atoms with Crippen LogP contribution >= 0.6 is 31.9 Å². The van der Waals surface area contributed by atoms with Gasteiger partial charge in [-0.3, -0.25) is 0 Å². The smallest absolute Gasteiger partial charge is 0.339 e. The predicted molar refractivity (Wildman–Crippen MR) is 62.2 cm³/mol. The van der Waals surface area contributed by atoms with Gasteiger partial charge >= 0.3 is 5.97 Å². The maximum atomic E-state index is 11.4. The van der Waals surface area contributed by atoms with E-state index in [1.165, 1.54) is 0 Å². The highest BCUT2D eigenvalue weighted by Gasteiger charge is 2.12. The standard InChI is InChI=1S/C9H9Br2NO2/c1-2-14-9(13)5-3-7(11)8(12)4-6(5)10/h3-4H,2,12H2,1H3. The van der Waals surface area contributed by atoms with E-state index in [-0.39, 0.29) is 5.97 Å². The zero-order valence-electron chi connectivity index (χ0n) is 7.51. The molecule has 0 saturated heterocycles. The first-order valence-electron chi connectivity index (χ1n) is 3.98. The van der Waals surface area contributed by atoms with Crippen LogP contribution in [0.15, 0.2) is 21.1 Å². The molecule has 0 spiro atoms. The van der Waals surface area contributed by atoms with Crippen molar-refractivity contribution in [2.75, 3.05) is 12.3 Å². The van der Waals surface area contributed by atoms with Crippen molar-refractivity contribution in [1.82, 2.24) is 0 Å². The molecular weight excluding hydrogens is 314 g/mol. The highest BCUT2D eigenvalue weighted by atomic mass is 79.9. The number of nitrogen functional groups attached to an aromatic ring is 1. The summed E-state index contributed by atoms with van der Waals surface area (Å²) in [5.74, 6) is -0.361. The number of carbonyl (C=O) groups excluding carboxylic acids is 1. The molecule has 0 saturated carbocycles. The highest BCUT2D eigenvalue weighted by molar-refractivity contribution is 9.11. The van der Waals surface area contributed by atoms with E-state index < -0.39 is 0 Å². The van der Waals surface area contributed by atoms with Crippen LogP contribution < -0.4 is 5.73 Å². The fourth-order valence-corrected chi connectivity index (χ4v) is 1.79. The van der Waals surface area contributed by atoms with Crippen molar-refractivity contribution in [3.05, 3.63) is 26.6 Å². The Morgan fingerprint density at radius 2 is 2.07 bits per heavy atom. The van der Waals surface area contributed by atoms with E-state index in [1.54, 1.807) is 19.1 Å². The number of esters is 1. The van der Waals surface area contributed by atoms with Crippen LogP contribution in [0.5, 0.6) is 0 Å². The molecule has 0 aliphatic heterocycles. The third-order valence-electron chi connectivity index (χ3n) is 1.58. The summed E-state index contributed by atoms with van der Waals surface area (Å²) in [6.45, 7) is 2.12. The highest BCUT2D eigenvalue weighted by Crippen LogP contribution is 2.28. The lowest BCUT2D eigenvalue weighted by atomic mass is 10.2. The van der Waals surface area contributed by atoms with Gasteiger partial charge in [0, 0.05) is 14.6 Å². The molecule has 0 aliphatic rings. The van der Waals surface area contributed by atoms with Gasteiger partial charge in [0.2, 0.25) is 0 Å². The summed E-state index contributed by atoms with van der Waals surface area (Å²) in [5, 5.41) is 0. The van der Waals surface area contributed by atoms with Crippen LogP contribution in [-0.2, 0) is 4.74 Å². The second-order valence-electron chi connectivity index (χ2n) is 2.57. The first-order chi connectivity index (χ1) is 6.56. The van der Waals surface area contributed by atoms with E-state index in [0.717, 1.165) is 0 Å². The molecule has 0 amide bonds. The zero-order chi connectivity index (χ0) is 10.7. The van der Waals surface area contributed by atoms with E-state index in [1.807, 2.05) is 0 Å². The maximum Gasteiger partial charge on any atom is 0.339 e. The monoisotopic (exact) mass is 321 g/mol. The van der Waals surface area contributed by atoms with Gasteiger partial charge in [0.1, 0.15) is 0 Å². The largest absolute Gasteiger partial charge is 0.462 e. The number of nitrogens with two attached hydrogens (primary N) is 1. The van der Waals surface area contributed by atoms with Crippen LogP contribution in [0.2, 0.25) is 0 Å². The van der Waals surface area contributed by atoms with Gasteiger partial charge in [0.05, 0.1) is 12.2 Å². The SMILES string of the molecule is CCOC(=O)c1cc(Br)c(N)cc1Br. The Morgan fingerprint density at radius 1 is 1.43 bits per heavy atom. The van der Waals surface area contributed by atoms with E-state index in [2.05, 4.69) is 31.9 Å². The Balaban J connectivity index is 3.09. The fourth-order valence-electron chi connectivity index (χ4n) is 0.927. The Morgan fingerprint density at radius 3 is 2.64 bits per heavy atom. The van der Waals surface area contributed by atoms with Gasteiger partial charge in [0.15, 0.2) is 0 Å². The van der Waals surface area contributed by atoms with Gasteiger partial charge < -0.3 is 10.5 Å². The number of hydrogen-bond acceptors (Lipinski definition) is 3. The van der Waals surface area contributed by atoms with Crippen molar-refractivity contribution in [2.24, 2.45) is 0 Å². The summed E-state index contributed by atoms with van der Waals surface area (Å²) in [5.41, 5.74) is 6.67. The average Bonchev–Trinajstić information content (AvgIpc) is 2.11. The van der Waals surface area contributed by atoms with E-state index in [9.17, 15) is 4.79 Å². The average molecular weight is 323 g/mol. The molecule has 0 atom stereocenters. The number of rotatable bonds is 2. The lowest BCUT2D eigenvalue weighted by molar-refractivity contribution is 0.0525. The Bertz CT molecular complexity index is 366. The second-order valence-corrected chi connectivity index (χ2v) is 4.28. The fraction of sp³-hybridized carbons (Fsp3) is 0.222. The summed E-state index contributed by atoms with van der Waals surface area (Å²) in [6, 6.07) is 3.30. The van der Waals surface area contributed by atoms with Crippen molar-refractivity contribution in [2.45, 2.75) is 6.92 Å². The molecule has 1 aromatic carbocycles. The quantitative estimate of drug-likeness (QED) is 0.672. The maximum absolute atomic E-state index is 11.4. The first-order valence-corrected chi connectivity index (χ1v) is 5.56. The third kappa shape index (κ3) is 2.48. The lowest BCUT2D eigenvalue weighted by Gasteiger charge is -2.06. The second kappa shape index (κ2) is 4.79. The Hall–Kier alpha value is -0.550. The summed E-state index contributed by atoms with van der Waals surface area (Å²) < 4.78 is 6.19. The molecule has 76 valence electrons. The molecule has 5 heteroatoms. The predicted octanol–water partition coefficient (Wildman–Crippen LogP) is 2.97. The van der Waals surface area contributed by atoms with E-state index in [0.29, 0.717) is 26.8 Å². The molecule has 0 fully saturated rings. The first kappa shape index (κ1) is 11.5. The molecule has 1 aromatic rings. The number of halogens is 2. The number of hydrogen-bond donors (Lipinski definition) is 1. The van der Waals surface area contributed by atoms with Crippen molar-refractivity contribution in [3.63, 3.8) is 0 Å². The van der Waals surface area contributed by atoms with Crippen LogP contribution in [0, 0.1) is 0 Å². The van der Waals surface area contributed by atoms with Gasteiger partial charge in [-0.05, 0) is 50.9 Å². The molecule has 1 rings (SSSR count). The number of carbonyl (C=O) groups is 1. The minimum atomic E-state index is -0.361. The van der Waals surface area contributed by atoms with Gasteiger partial charge in [-0.25, -0.2) is 4.79 Å². The summed E-state index contributed by atoms with van der Waals surface area (Å²) >= 11 is 6.50. The van der Waals surface area contributed by atoms with E-state index >= 15 is 0 Å². The molecule has 0 unspecified atom stereocenters. The summed E-state index contributed by atoms with van der Waals surface area (Å²) in [4.78, 5) is 11.4. The van der Waals surface area contributed by atoms with Crippen LogP contribution in [0.3, 0.4) is 0 Å². The minimum absolute atomic E-state index is 0.354. The topological polar surface area (TPSA) is 52.3 Å². The summed E-state index contributed by atoms with van der Waals surface area (Å²) in [6.07, 6.45) is 0. The molecule has 0 bridgehead atoms. The number of benzene rings is 1. The van der Waals surface area contributed by atoms with Crippen molar-refractivity contribution in [3.8, 4) is 0 Å². The molecule has 0 radical (unpaired) electrons. The molecule has 14 heavy (non-hydrogen) atoms. The molecular formula is C9H9Br2NO2. The molecule has 0 aliphatic carbocycles. The van der Waals surface area contributed by atoms with Crippen molar-refractivity contribution >= 4 is 43.5 Å². The van der Waals surface area contributed by atoms with E-state index in [4.69, 9.17) is 10.5 Å². The number of anilines is 1. The summed E-state index contributed by atoms with van der Waals surface area (Å²) in [7, 11) is 0. The van der Waals surface area contributed by atoms with Crippen molar-refractivity contribution in [1.29, 1.82) is 0 Å². The molecule has 2 N–H and O–H groups in total. The zero-order valence-corrected chi connectivity index (χ0v) is 10.7. The van der Waals surface area contributed by atoms with Gasteiger partial charge in [-0.15, -0.1) is 0 Å². The molecule has 0 heterocycles. The van der Waals surface area contributed by atoms with Crippen molar-refractivity contribution < 1.29 is 9.53 Å². The van der Waals surface area contributed by atoms with Gasteiger partial charge in [0.25, 0.3) is 0 Å². The van der Waals surface area contributed by atoms with Crippen LogP contribution in [-0.4, -0.2) is 12.6 Å². The lowest BCUT2D eigenvalue weighted by Crippen LogP contribution is -2.06. The van der Waals surface area contributed by atoms with Crippen LogP contribution in [0.1, 0.15) is 17.3 Å². The normalized spacial score (nSPS) is 9.93. The Kier molecular flexibility index (Phi) is 3.95. The molecule has 0 aromatic heterocycles. The van der Waals surface area contributed by atoms with Crippen LogP contribution in [0.4, 0.5) is 5.69 Å². The minimum Gasteiger partial charge on any atom is -0.462 e. The number of ether oxygens (including phenoxy) is 1. The van der Waals surface area contributed by atoms with Gasteiger partial charge in [-0.1, -0.05) is 0 Å². The Labute approximate surface area is 98.9 Å². The molecule has 3 nitrogen and oxygen atoms in total. The third-order valence-corrected chi connectivity index (χ3v) is 2.92. The van der Waals surface area contributed by atoms with Crippen LogP contribution in [0.25, 0.3) is 0 Å².